The van der Waals surface area contributed by atoms with Gasteiger partial charge in [0.15, 0.2) is 0 Å². The topological polar surface area (TPSA) is 124 Å². The number of nitrogens with zero attached hydrogens (tertiary/aromatic N) is 6. The highest BCUT2D eigenvalue weighted by Gasteiger charge is 2.08. The molecule has 1 rings (SSSR count). The fourth-order valence-corrected chi connectivity index (χ4v) is 1.41. The Morgan fingerprint density at radius 2 is 1.67 bits per heavy atom. The van der Waals surface area contributed by atoms with Crippen LogP contribution in [0.15, 0.2) is 28.4 Å². The van der Waals surface area contributed by atoms with Crippen molar-refractivity contribution < 1.29 is 9.53 Å². The Labute approximate surface area is 102 Å². The van der Waals surface area contributed by atoms with Gasteiger partial charge in [0.2, 0.25) is 0 Å². The molecule has 8 heteroatoms. The monoisotopic (exact) mass is 246 g/mol. The molecule has 0 amide bonds. The molecule has 0 N–H and O–H groups in total. The molecule has 0 aliphatic carbocycles. The minimum absolute atomic E-state index is 0.116. The van der Waals surface area contributed by atoms with E-state index in [4.69, 9.17) is 11.1 Å². The second kappa shape index (κ2) is 6.80. The average Bonchev–Trinajstić information content (AvgIpc) is 2.41. The van der Waals surface area contributed by atoms with Gasteiger partial charge in [-0.05, 0) is 34.3 Å². The second-order valence-corrected chi connectivity index (χ2v) is 3.31. The van der Waals surface area contributed by atoms with Crippen LogP contribution in [0.5, 0.6) is 0 Å². The molecule has 0 saturated heterocycles. The Morgan fingerprint density at radius 3 is 2.06 bits per heavy atom. The summed E-state index contributed by atoms with van der Waals surface area (Å²) in [7, 11) is 1.27. The lowest BCUT2D eigenvalue weighted by atomic mass is 10.1. The van der Waals surface area contributed by atoms with Gasteiger partial charge in [0.05, 0.1) is 25.8 Å². The molecule has 18 heavy (non-hydrogen) atoms. The van der Waals surface area contributed by atoms with Crippen LogP contribution in [-0.4, -0.2) is 13.1 Å². The molecule has 0 spiro atoms. The number of ether oxygens (including phenoxy) is 1. The van der Waals surface area contributed by atoms with Gasteiger partial charge in [0.1, 0.15) is 0 Å². The first-order chi connectivity index (χ1) is 8.71. The van der Waals surface area contributed by atoms with Crippen molar-refractivity contribution in [3.8, 4) is 0 Å². The molecule has 0 heterocycles. The van der Waals surface area contributed by atoms with Crippen LogP contribution in [0.1, 0.15) is 21.5 Å². The van der Waals surface area contributed by atoms with Crippen LogP contribution >= 0.6 is 0 Å². The number of carbonyl (C=O) groups excluding carboxylic acids is 1. The Hall–Kier alpha value is -2.69. The lowest BCUT2D eigenvalue weighted by molar-refractivity contribution is 0.0600. The molecule has 0 aliphatic heterocycles. The smallest absolute Gasteiger partial charge is 0.337 e. The standard InChI is InChI=1S/C10H10N6O2/c1-18-10(17)9-3-7(5-13-15-11)2-8(4-9)6-14-16-12/h2-4H,5-6H2,1H3. The minimum Gasteiger partial charge on any atom is -0.465 e. The van der Waals surface area contributed by atoms with Crippen molar-refractivity contribution in [2.45, 2.75) is 13.1 Å². The maximum Gasteiger partial charge on any atom is 0.337 e. The van der Waals surface area contributed by atoms with Crippen molar-refractivity contribution in [2.24, 2.45) is 10.2 Å². The van der Waals surface area contributed by atoms with E-state index in [0.29, 0.717) is 16.7 Å². The van der Waals surface area contributed by atoms with Crippen LogP contribution in [0.2, 0.25) is 0 Å². The van der Waals surface area contributed by atoms with Gasteiger partial charge < -0.3 is 4.74 Å². The van der Waals surface area contributed by atoms with Gasteiger partial charge in [-0.15, -0.1) is 0 Å². The van der Waals surface area contributed by atoms with Gasteiger partial charge in [0.25, 0.3) is 0 Å². The van der Waals surface area contributed by atoms with E-state index in [1.54, 1.807) is 18.2 Å². The van der Waals surface area contributed by atoms with E-state index in [0.717, 1.165) is 0 Å². The van der Waals surface area contributed by atoms with Crippen LogP contribution in [0.4, 0.5) is 0 Å². The molecule has 8 nitrogen and oxygen atoms in total. The van der Waals surface area contributed by atoms with Crippen LogP contribution in [-0.2, 0) is 17.8 Å². The molecule has 0 radical (unpaired) electrons. The number of esters is 1. The van der Waals surface area contributed by atoms with Gasteiger partial charge in [-0.1, -0.05) is 16.3 Å². The number of benzene rings is 1. The Kier molecular flexibility index (Phi) is 5.05. The van der Waals surface area contributed by atoms with Gasteiger partial charge in [-0.25, -0.2) is 4.79 Å². The molecule has 0 aromatic heterocycles. The minimum atomic E-state index is -0.500. The van der Waals surface area contributed by atoms with Gasteiger partial charge in [-0.2, -0.15) is 0 Å². The van der Waals surface area contributed by atoms with E-state index in [-0.39, 0.29) is 13.1 Å². The third-order valence-electron chi connectivity index (χ3n) is 2.11. The van der Waals surface area contributed by atoms with Crippen LogP contribution in [0, 0.1) is 0 Å². The third-order valence-corrected chi connectivity index (χ3v) is 2.11. The Balaban J connectivity index is 3.13. The summed E-state index contributed by atoms with van der Waals surface area (Å²) < 4.78 is 4.61. The van der Waals surface area contributed by atoms with Gasteiger partial charge >= 0.3 is 5.97 Å². The summed E-state index contributed by atoms with van der Waals surface area (Å²) >= 11 is 0. The van der Waals surface area contributed by atoms with Crippen molar-refractivity contribution in [1.29, 1.82) is 0 Å². The zero-order valence-electron chi connectivity index (χ0n) is 9.65. The molecule has 0 saturated carbocycles. The highest BCUT2D eigenvalue weighted by molar-refractivity contribution is 5.89. The molecular weight excluding hydrogens is 236 g/mol. The predicted octanol–water partition coefficient (Wildman–Crippen LogP) is 3.09. The number of azide groups is 2. The number of methoxy groups -OCH3 is 1. The third kappa shape index (κ3) is 3.71. The summed E-state index contributed by atoms with van der Waals surface area (Å²) in [4.78, 5) is 16.7. The first-order valence-electron chi connectivity index (χ1n) is 4.94. The van der Waals surface area contributed by atoms with E-state index >= 15 is 0 Å². The van der Waals surface area contributed by atoms with Crippen molar-refractivity contribution in [3.05, 3.63) is 55.8 Å². The van der Waals surface area contributed by atoms with Crippen molar-refractivity contribution in [1.82, 2.24) is 0 Å². The molecule has 0 bridgehead atoms. The van der Waals surface area contributed by atoms with E-state index in [1.807, 2.05) is 0 Å². The number of hydrogen-bond donors (Lipinski definition) is 0. The SMILES string of the molecule is COC(=O)c1cc(CN=[N+]=[N-])cc(CN=[N+]=[N-])c1. The van der Waals surface area contributed by atoms with Crippen molar-refractivity contribution in [2.75, 3.05) is 7.11 Å². The van der Waals surface area contributed by atoms with Gasteiger partial charge in [-0.3, -0.25) is 0 Å². The van der Waals surface area contributed by atoms with Crippen LogP contribution in [0.25, 0.3) is 20.9 Å². The summed E-state index contributed by atoms with van der Waals surface area (Å²) in [5.74, 6) is -0.500. The molecular formula is C10H10N6O2. The molecule has 1 aromatic carbocycles. The van der Waals surface area contributed by atoms with E-state index in [9.17, 15) is 4.79 Å². The molecule has 1 aromatic rings. The molecule has 0 atom stereocenters. The Bertz CT molecular complexity index is 505. The first-order valence-corrected chi connectivity index (χ1v) is 4.94. The molecule has 0 fully saturated rings. The van der Waals surface area contributed by atoms with Crippen molar-refractivity contribution in [3.63, 3.8) is 0 Å². The summed E-state index contributed by atoms with van der Waals surface area (Å²) in [5.41, 5.74) is 18.2. The molecule has 92 valence electrons. The predicted molar refractivity (Wildman–Crippen MR) is 63.5 cm³/mol. The zero-order valence-corrected chi connectivity index (χ0v) is 9.65. The summed E-state index contributed by atoms with van der Waals surface area (Å²) in [6.45, 7) is 0.231. The second-order valence-electron chi connectivity index (χ2n) is 3.31. The van der Waals surface area contributed by atoms with Gasteiger partial charge in [0, 0.05) is 9.82 Å². The molecule has 0 unspecified atom stereocenters. The maximum atomic E-state index is 11.4. The molecule has 0 aliphatic rings. The normalized spacial score (nSPS) is 8.94. The Morgan fingerprint density at radius 1 is 1.17 bits per heavy atom. The number of carbonyl (C=O) groups is 1. The van der Waals surface area contributed by atoms with E-state index in [2.05, 4.69) is 24.8 Å². The number of rotatable bonds is 5. The van der Waals surface area contributed by atoms with Crippen LogP contribution < -0.4 is 0 Å². The fourth-order valence-electron chi connectivity index (χ4n) is 1.41. The fraction of sp³-hybridized carbons (Fsp3) is 0.300. The quantitative estimate of drug-likeness (QED) is 0.342. The maximum absolute atomic E-state index is 11.4. The summed E-state index contributed by atoms with van der Waals surface area (Å²) in [6, 6.07) is 4.84. The largest absolute Gasteiger partial charge is 0.465 e. The number of hydrogen-bond acceptors (Lipinski definition) is 4. The first kappa shape index (κ1) is 13.4. The zero-order chi connectivity index (χ0) is 13.4. The van der Waals surface area contributed by atoms with Crippen LogP contribution in [0.3, 0.4) is 0 Å². The highest BCUT2D eigenvalue weighted by Crippen LogP contribution is 2.14. The lowest BCUT2D eigenvalue weighted by Crippen LogP contribution is -2.03. The highest BCUT2D eigenvalue weighted by atomic mass is 16.5. The van der Waals surface area contributed by atoms with E-state index in [1.165, 1.54) is 7.11 Å². The van der Waals surface area contributed by atoms with E-state index < -0.39 is 5.97 Å². The summed E-state index contributed by atoms with van der Waals surface area (Å²) in [5, 5.41) is 6.83. The lowest BCUT2D eigenvalue weighted by Gasteiger charge is -2.05. The summed E-state index contributed by atoms with van der Waals surface area (Å²) in [6.07, 6.45) is 0. The van der Waals surface area contributed by atoms with Crippen molar-refractivity contribution >= 4 is 5.97 Å². The average molecular weight is 246 g/mol.